The van der Waals surface area contributed by atoms with Crippen molar-refractivity contribution in [1.29, 1.82) is 0 Å². The van der Waals surface area contributed by atoms with E-state index in [-0.39, 0.29) is 6.29 Å². The second-order valence-corrected chi connectivity index (χ2v) is 4.29. The van der Waals surface area contributed by atoms with Gasteiger partial charge in [0.2, 0.25) is 6.29 Å². The minimum absolute atomic E-state index is 0.224. The summed E-state index contributed by atoms with van der Waals surface area (Å²) in [6, 6.07) is 0. The van der Waals surface area contributed by atoms with Gasteiger partial charge in [0.15, 0.2) is 0 Å². The van der Waals surface area contributed by atoms with Crippen LogP contribution in [-0.2, 0) is 9.47 Å². The first-order chi connectivity index (χ1) is 8.40. The van der Waals surface area contributed by atoms with Crippen LogP contribution in [-0.4, -0.2) is 12.9 Å². The van der Waals surface area contributed by atoms with Crippen molar-refractivity contribution in [1.82, 2.24) is 0 Å². The van der Waals surface area contributed by atoms with Gasteiger partial charge in [-0.15, -0.1) is 0 Å². The Hall–Kier alpha value is -1.28. The molecule has 2 heteroatoms. The Balaban J connectivity index is 1.94. The van der Waals surface area contributed by atoms with Crippen LogP contribution in [0.15, 0.2) is 47.8 Å². The van der Waals surface area contributed by atoms with E-state index in [0.29, 0.717) is 0 Å². The lowest BCUT2D eigenvalue weighted by Crippen LogP contribution is -2.16. The molecule has 0 aromatic rings. The molecular weight excluding hydrogens is 212 g/mol. The molecule has 2 rings (SSSR count). The van der Waals surface area contributed by atoms with Gasteiger partial charge in [0, 0.05) is 0 Å². The highest BCUT2D eigenvalue weighted by Gasteiger charge is 2.12. The van der Waals surface area contributed by atoms with Gasteiger partial charge in [0.25, 0.3) is 0 Å². The molecular formula is C15H20O2. The molecule has 92 valence electrons. The molecule has 0 saturated heterocycles. The fraction of sp³-hybridized carbons (Fsp3) is 0.467. The van der Waals surface area contributed by atoms with Crippen LogP contribution >= 0.6 is 0 Å². The van der Waals surface area contributed by atoms with Crippen LogP contribution in [0, 0.1) is 0 Å². The number of hydrogen-bond acceptors (Lipinski definition) is 2. The van der Waals surface area contributed by atoms with E-state index in [1.54, 1.807) is 6.26 Å². The van der Waals surface area contributed by atoms with Crippen molar-refractivity contribution in [3.05, 3.63) is 47.8 Å². The summed E-state index contributed by atoms with van der Waals surface area (Å²) in [5.74, 6) is 0. The highest BCUT2D eigenvalue weighted by Crippen LogP contribution is 2.23. The van der Waals surface area contributed by atoms with Crippen LogP contribution in [0.5, 0.6) is 0 Å². The molecule has 1 aliphatic heterocycles. The Bertz CT molecular complexity index is 361. The van der Waals surface area contributed by atoms with Gasteiger partial charge in [-0.2, -0.15) is 0 Å². The fourth-order valence-corrected chi connectivity index (χ4v) is 1.88. The second-order valence-electron chi connectivity index (χ2n) is 4.29. The number of unbranched alkanes of at least 4 members (excludes halogenated alkanes) is 1. The third-order valence-electron chi connectivity index (χ3n) is 2.88. The van der Waals surface area contributed by atoms with Gasteiger partial charge in [-0.3, -0.25) is 0 Å². The third-order valence-corrected chi connectivity index (χ3v) is 2.88. The van der Waals surface area contributed by atoms with Crippen LogP contribution < -0.4 is 0 Å². The predicted molar refractivity (Wildman–Crippen MR) is 69.4 cm³/mol. The average Bonchev–Trinajstić information content (AvgIpc) is 2.41. The van der Waals surface area contributed by atoms with Crippen LogP contribution in [0.4, 0.5) is 0 Å². The Morgan fingerprint density at radius 3 is 3.00 bits per heavy atom. The van der Waals surface area contributed by atoms with Crippen molar-refractivity contribution in [2.45, 2.75) is 38.9 Å². The van der Waals surface area contributed by atoms with Crippen molar-refractivity contribution in [2.24, 2.45) is 0 Å². The molecule has 0 amide bonds. The molecule has 0 saturated carbocycles. The Morgan fingerprint density at radius 2 is 2.24 bits per heavy atom. The SMILES string of the molecule is CCCCOC1C=C(C2=CCCC=C2)C=CO1. The molecule has 1 unspecified atom stereocenters. The van der Waals surface area contributed by atoms with Gasteiger partial charge in [-0.25, -0.2) is 0 Å². The Morgan fingerprint density at radius 1 is 1.29 bits per heavy atom. The topological polar surface area (TPSA) is 18.5 Å². The summed E-state index contributed by atoms with van der Waals surface area (Å²) < 4.78 is 11.1. The molecule has 1 atom stereocenters. The van der Waals surface area contributed by atoms with Crippen LogP contribution in [0.25, 0.3) is 0 Å². The number of ether oxygens (including phenoxy) is 2. The smallest absolute Gasteiger partial charge is 0.219 e. The van der Waals surface area contributed by atoms with Crippen molar-refractivity contribution in [3.8, 4) is 0 Å². The van der Waals surface area contributed by atoms with Gasteiger partial charge >= 0.3 is 0 Å². The van der Waals surface area contributed by atoms with Crippen molar-refractivity contribution >= 4 is 0 Å². The Labute approximate surface area is 103 Å². The predicted octanol–water partition coefficient (Wildman–Crippen LogP) is 3.88. The second kappa shape index (κ2) is 6.45. The van der Waals surface area contributed by atoms with E-state index in [1.807, 2.05) is 6.08 Å². The summed E-state index contributed by atoms with van der Waals surface area (Å²) in [6.45, 7) is 2.91. The molecule has 2 nitrogen and oxygen atoms in total. The average molecular weight is 232 g/mol. The van der Waals surface area contributed by atoms with Gasteiger partial charge in [0.1, 0.15) is 0 Å². The molecule has 0 aromatic carbocycles. The molecule has 0 aromatic heterocycles. The zero-order valence-electron chi connectivity index (χ0n) is 10.4. The summed E-state index contributed by atoms with van der Waals surface area (Å²) in [4.78, 5) is 0. The molecule has 1 heterocycles. The molecule has 0 N–H and O–H groups in total. The van der Waals surface area contributed by atoms with Gasteiger partial charge in [0.05, 0.1) is 12.9 Å². The first-order valence-corrected chi connectivity index (χ1v) is 6.42. The zero-order chi connectivity index (χ0) is 11.9. The van der Waals surface area contributed by atoms with Crippen LogP contribution in [0.3, 0.4) is 0 Å². The summed E-state index contributed by atoms with van der Waals surface area (Å²) in [7, 11) is 0. The van der Waals surface area contributed by atoms with E-state index >= 15 is 0 Å². The van der Waals surface area contributed by atoms with Gasteiger partial charge in [-0.1, -0.05) is 31.6 Å². The van der Waals surface area contributed by atoms with E-state index in [2.05, 4.69) is 31.2 Å². The summed E-state index contributed by atoms with van der Waals surface area (Å²) in [5.41, 5.74) is 2.48. The standard InChI is InChI=1S/C15H20O2/c1-2-3-10-16-15-12-14(9-11-17-15)13-7-5-4-6-8-13/h5,7-9,11-12,15H,2-4,6,10H2,1H3. The van der Waals surface area contributed by atoms with E-state index in [4.69, 9.17) is 9.47 Å². The lowest BCUT2D eigenvalue weighted by atomic mass is 9.98. The normalized spacial score (nSPS) is 23.0. The molecule has 1 aliphatic carbocycles. The molecule has 0 spiro atoms. The number of allylic oxidation sites excluding steroid dienone is 6. The third kappa shape index (κ3) is 3.60. The lowest BCUT2D eigenvalue weighted by molar-refractivity contribution is -0.0752. The van der Waals surface area contributed by atoms with Crippen LogP contribution in [0.2, 0.25) is 0 Å². The van der Waals surface area contributed by atoms with E-state index in [0.717, 1.165) is 32.3 Å². The van der Waals surface area contributed by atoms with Crippen molar-refractivity contribution < 1.29 is 9.47 Å². The molecule has 2 aliphatic rings. The highest BCUT2D eigenvalue weighted by atomic mass is 16.7. The van der Waals surface area contributed by atoms with E-state index < -0.39 is 0 Å². The zero-order valence-corrected chi connectivity index (χ0v) is 10.4. The van der Waals surface area contributed by atoms with Crippen molar-refractivity contribution in [2.75, 3.05) is 6.61 Å². The molecule has 0 fully saturated rings. The minimum atomic E-state index is -0.224. The Kier molecular flexibility index (Phi) is 4.63. The summed E-state index contributed by atoms with van der Waals surface area (Å²) in [5, 5.41) is 0. The molecule has 17 heavy (non-hydrogen) atoms. The largest absolute Gasteiger partial charge is 0.469 e. The first-order valence-electron chi connectivity index (χ1n) is 6.42. The summed E-state index contributed by atoms with van der Waals surface area (Å²) >= 11 is 0. The number of hydrogen-bond donors (Lipinski definition) is 0. The van der Waals surface area contributed by atoms with Gasteiger partial charge < -0.3 is 9.47 Å². The maximum absolute atomic E-state index is 5.64. The monoisotopic (exact) mass is 232 g/mol. The quantitative estimate of drug-likeness (QED) is 0.670. The maximum atomic E-state index is 5.64. The minimum Gasteiger partial charge on any atom is -0.469 e. The highest BCUT2D eigenvalue weighted by molar-refractivity contribution is 5.48. The van der Waals surface area contributed by atoms with Gasteiger partial charge in [-0.05, 0) is 42.6 Å². The van der Waals surface area contributed by atoms with E-state index in [9.17, 15) is 0 Å². The number of rotatable bonds is 5. The lowest BCUT2D eigenvalue weighted by Gasteiger charge is -2.19. The molecule has 0 radical (unpaired) electrons. The maximum Gasteiger partial charge on any atom is 0.219 e. The van der Waals surface area contributed by atoms with Crippen LogP contribution in [0.1, 0.15) is 32.6 Å². The van der Waals surface area contributed by atoms with E-state index in [1.165, 1.54) is 11.1 Å². The summed E-state index contributed by atoms with van der Waals surface area (Å²) in [6.07, 6.45) is 16.7. The first kappa shape index (κ1) is 12.2. The fourth-order valence-electron chi connectivity index (χ4n) is 1.88. The van der Waals surface area contributed by atoms with Crippen molar-refractivity contribution in [3.63, 3.8) is 0 Å². The molecule has 0 bridgehead atoms.